The van der Waals surface area contributed by atoms with E-state index < -0.39 is 6.04 Å². The van der Waals surface area contributed by atoms with Crippen molar-refractivity contribution < 1.29 is 9.59 Å². The Bertz CT molecular complexity index is 733. The molecule has 0 aliphatic rings. The summed E-state index contributed by atoms with van der Waals surface area (Å²) in [4.78, 5) is 25.1. The van der Waals surface area contributed by atoms with E-state index in [1.807, 2.05) is 20.8 Å². The molecule has 1 heterocycles. The summed E-state index contributed by atoms with van der Waals surface area (Å²) in [6.07, 6.45) is 1.50. The number of hydrogen-bond donors (Lipinski definition) is 2. The van der Waals surface area contributed by atoms with Crippen LogP contribution in [0.15, 0.2) is 24.3 Å². The average molecular weight is 381 g/mol. The summed E-state index contributed by atoms with van der Waals surface area (Å²) >= 11 is 7.18. The summed E-state index contributed by atoms with van der Waals surface area (Å²) in [6, 6.07) is 5.87. The SMILES string of the molecule is CCc1nnc(NC(=O)C(NC(=O)c2ccc(Cl)cc2)C(C)CC)s1. The molecule has 8 heteroatoms. The maximum Gasteiger partial charge on any atom is 0.251 e. The summed E-state index contributed by atoms with van der Waals surface area (Å²) in [5, 5.41) is 15.3. The zero-order chi connectivity index (χ0) is 18.4. The van der Waals surface area contributed by atoms with Gasteiger partial charge in [-0.25, -0.2) is 0 Å². The maximum atomic E-state index is 12.6. The van der Waals surface area contributed by atoms with Crippen molar-refractivity contribution in [1.82, 2.24) is 15.5 Å². The smallest absolute Gasteiger partial charge is 0.251 e. The van der Waals surface area contributed by atoms with Crippen molar-refractivity contribution in [2.75, 3.05) is 5.32 Å². The third-order valence-corrected chi connectivity index (χ3v) is 5.12. The van der Waals surface area contributed by atoms with Gasteiger partial charge in [0.25, 0.3) is 5.91 Å². The lowest BCUT2D eigenvalue weighted by atomic mass is 9.98. The van der Waals surface area contributed by atoms with Gasteiger partial charge < -0.3 is 5.32 Å². The topological polar surface area (TPSA) is 84.0 Å². The highest BCUT2D eigenvalue weighted by Crippen LogP contribution is 2.18. The fraction of sp³-hybridized carbons (Fsp3) is 0.412. The van der Waals surface area contributed by atoms with E-state index in [2.05, 4.69) is 20.8 Å². The molecule has 2 rings (SSSR count). The Kier molecular flexibility index (Phi) is 6.90. The number of aryl methyl sites for hydroxylation is 1. The molecule has 0 radical (unpaired) electrons. The predicted octanol–water partition coefficient (Wildman–Crippen LogP) is 3.54. The molecule has 0 saturated carbocycles. The van der Waals surface area contributed by atoms with E-state index in [0.29, 0.717) is 15.7 Å². The number of carbonyl (C=O) groups excluding carboxylic acids is 2. The summed E-state index contributed by atoms with van der Waals surface area (Å²) < 4.78 is 0. The number of nitrogens with one attached hydrogen (secondary N) is 2. The van der Waals surface area contributed by atoms with Crippen molar-refractivity contribution >= 4 is 39.9 Å². The molecule has 0 bridgehead atoms. The van der Waals surface area contributed by atoms with Crippen molar-refractivity contribution in [3.05, 3.63) is 39.9 Å². The van der Waals surface area contributed by atoms with Gasteiger partial charge in [-0.15, -0.1) is 10.2 Å². The van der Waals surface area contributed by atoms with Gasteiger partial charge in [-0.1, -0.05) is 50.1 Å². The van der Waals surface area contributed by atoms with Crippen LogP contribution in [0, 0.1) is 5.92 Å². The number of halogens is 1. The highest BCUT2D eigenvalue weighted by Gasteiger charge is 2.27. The minimum absolute atomic E-state index is 0.0326. The van der Waals surface area contributed by atoms with Crippen LogP contribution in [0.5, 0.6) is 0 Å². The van der Waals surface area contributed by atoms with Gasteiger partial charge in [0.2, 0.25) is 11.0 Å². The van der Waals surface area contributed by atoms with Crippen LogP contribution in [0.2, 0.25) is 5.02 Å². The molecule has 1 aromatic carbocycles. The second-order valence-corrected chi connectivity index (χ2v) is 7.19. The fourth-order valence-corrected chi connectivity index (χ4v) is 2.97. The van der Waals surface area contributed by atoms with Gasteiger partial charge in [-0.3, -0.25) is 14.9 Å². The van der Waals surface area contributed by atoms with E-state index in [1.165, 1.54) is 11.3 Å². The van der Waals surface area contributed by atoms with E-state index in [4.69, 9.17) is 11.6 Å². The minimum Gasteiger partial charge on any atom is -0.340 e. The van der Waals surface area contributed by atoms with Crippen LogP contribution < -0.4 is 10.6 Å². The number of amides is 2. The van der Waals surface area contributed by atoms with Crippen LogP contribution in [-0.4, -0.2) is 28.1 Å². The normalized spacial score (nSPS) is 13.1. The van der Waals surface area contributed by atoms with E-state index in [-0.39, 0.29) is 17.7 Å². The first kappa shape index (κ1) is 19.3. The second kappa shape index (κ2) is 8.92. The van der Waals surface area contributed by atoms with Gasteiger partial charge in [-0.05, 0) is 36.6 Å². The van der Waals surface area contributed by atoms with Crippen molar-refractivity contribution in [2.45, 2.75) is 39.7 Å². The number of hydrogen-bond acceptors (Lipinski definition) is 5. The first-order chi connectivity index (χ1) is 11.9. The standard InChI is InChI=1S/C17H21ClN4O2S/c1-4-10(3)14(16(24)20-17-22-21-13(5-2)25-17)19-15(23)11-6-8-12(18)9-7-11/h6-10,14H,4-5H2,1-3H3,(H,19,23)(H,20,22,24). The van der Waals surface area contributed by atoms with Crippen LogP contribution in [0.4, 0.5) is 5.13 Å². The summed E-state index contributed by atoms with van der Waals surface area (Å²) in [7, 11) is 0. The van der Waals surface area contributed by atoms with Crippen LogP contribution in [0.25, 0.3) is 0 Å². The lowest BCUT2D eigenvalue weighted by Gasteiger charge is -2.23. The molecule has 2 aromatic rings. The monoisotopic (exact) mass is 380 g/mol. The van der Waals surface area contributed by atoms with Gasteiger partial charge >= 0.3 is 0 Å². The largest absolute Gasteiger partial charge is 0.340 e. The first-order valence-corrected chi connectivity index (χ1v) is 9.33. The molecule has 0 aliphatic heterocycles. The van der Waals surface area contributed by atoms with Crippen molar-refractivity contribution in [3.63, 3.8) is 0 Å². The molecule has 2 N–H and O–H groups in total. The molecule has 2 unspecified atom stereocenters. The molecular weight excluding hydrogens is 360 g/mol. The number of rotatable bonds is 7. The zero-order valence-corrected chi connectivity index (χ0v) is 15.9. The van der Waals surface area contributed by atoms with Crippen molar-refractivity contribution in [2.24, 2.45) is 5.92 Å². The molecule has 0 aliphatic carbocycles. The predicted molar refractivity (Wildman–Crippen MR) is 100 cm³/mol. The molecule has 6 nitrogen and oxygen atoms in total. The molecule has 1 aromatic heterocycles. The molecule has 2 amide bonds. The van der Waals surface area contributed by atoms with E-state index in [0.717, 1.165) is 17.8 Å². The van der Waals surface area contributed by atoms with Gasteiger partial charge in [0.05, 0.1) is 0 Å². The van der Waals surface area contributed by atoms with E-state index >= 15 is 0 Å². The summed E-state index contributed by atoms with van der Waals surface area (Å²) in [5.41, 5.74) is 0.453. The molecule has 0 spiro atoms. The molecule has 2 atom stereocenters. The Balaban J connectivity index is 2.10. The second-order valence-electron chi connectivity index (χ2n) is 5.69. The summed E-state index contributed by atoms with van der Waals surface area (Å²) in [5.74, 6) is -0.645. The Hall–Kier alpha value is -1.99. The van der Waals surface area contributed by atoms with Crippen LogP contribution >= 0.6 is 22.9 Å². The number of anilines is 1. The quantitative estimate of drug-likeness (QED) is 0.769. The zero-order valence-electron chi connectivity index (χ0n) is 14.4. The van der Waals surface area contributed by atoms with Gasteiger partial charge in [0.1, 0.15) is 11.0 Å². The third-order valence-electron chi connectivity index (χ3n) is 3.89. The van der Waals surface area contributed by atoms with E-state index in [1.54, 1.807) is 24.3 Å². The van der Waals surface area contributed by atoms with Gasteiger partial charge in [0.15, 0.2) is 0 Å². The average Bonchev–Trinajstić information content (AvgIpc) is 3.06. The molecule has 134 valence electrons. The Morgan fingerprint density at radius 1 is 1.20 bits per heavy atom. The van der Waals surface area contributed by atoms with Crippen molar-refractivity contribution in [1.29, 1.82) is 0 Å². The molecule has 0 fully saturated rings. The third kappa shape index (κ3) is 5.24. The molecular formula is C17H21ClN4O2S. The minimum atomic E-state index is -0.665. The van der Waals surface area contributed by atoms with Crippen LogP contribution in [0.1, 0.15) is 42.6 Å². The fourth-order valence-electron chi connectivity index (χ4n) is 2.16. The highest BCUT2D eigenvalue weighted by molar-refractivity contribution is 7.15. The van der Waals surface area contributed by atoms with Gasteiger partial charge in [0, 0.05) is 10.6 Å². The Labute approximate surface area is 156 Å². The lowest BCUT2D eigenvalue weighted by molar-refractivity contribution is -0.119. The number of aromatic nitrogens is 2. The number of benzene rings is 1. The Morgan fingerprint density at radius 3 is 2.44 bits per heavy atom. The van der Waals surface area contributed by atoms with Crippen LogP contribution in [-0.2, 0) is 11.2 Å². The number of nitrogens with zero attached hydrogens (tertiary/aromatic N) is 2. The van der Waals surface area contributed by atoms with Crippen LogP contribution in [0.3, 0.4) is 0 Å². The maximum absolute atomic E-state index is 12.6. The Morgan fingerprint density at radius 2 is 1.88 bits per heavy atom. The van der Waals surface area contributed by atoms with E-state index in [9.17, 15) is 9.59 Å². The first-order valence-electron chi connectivity index (χ1n) is 8.14. The summed E-state index contributed by atoms with van der Waals surface area (Å²) in [6.45, 7) is 5.86. The van der Waals surface area contributed by atoms with Gasteiger partial charge in [-0.2, -0.15) is 0 Å². The van der Waals surface area contributed by atoms with Crippen molar-refractivity contribution in [3.8, 4) is 0 Å². The molecule has 0 saturated heterocycles. The lowest BCUT2D eigenvalue weighted by Crippen LogP contribution is -2.47. The highest BCUT2D eigenvalue weighted by atomic mass is 35.5. The molecule has 25 heavy (non-hydrogen) atoms. The number of carbonyl (C=O) groups is 2.